The zero-order chi connectivity index (χ0) is 21.0. The van der Waals surface area contributed by atoms with Crippen LogP contribution in [0.5, 0.6) is 11.5 Å². The van der Waals surface area contributed by atoms with E-state index < -0.39 is 0 Å². The number of carbonyl (C=O) groups excluding carboxylic acids is 1. The molecular formula is C21H22ClN3O4. The number of ether oxygens (including phenoxy) is 2. The maximum absolute atomic E-state index is 13.3. The van der Waals surface area contributed by atoms with Gasteiger partial charge in [0.25, 0.3) is 5.91 Å². The summed E-state index contributed by atoms with van der Waals surface area (Å²) in [4.78, 5) is 19.4. The van der Waals surface area contributed by atoms with E-state index in [-0.39, 0.29) is 18.5 Å². The van der Waals surface area contributed by atoms with Crippen LogP contribution in [0.4, 0.5) is 0 Å². The van der Waals surface area contributed by atoms with Gasteiger partial charge in [-0.2, -0.15) is 4.98 Å². The van der Waals surface area contributed by atoms with Crippen molar-refractivity contribution >= 4 is 17.5 Å². The first-order valence-electron chi connectivity index (χ1n) is 9.05. The van der Waals surface area contributed by atoms with E-state index in [4.69, 9.17) is 25.6 Å². The lowest BCUT2D eigenvalue weighted by molar-refractivity contribution is 0.0660. The second kappa shape index (κ2) is 8.96. The van der Waals surface area contributed by atoms with Gasteiger partial charge in [0.15, 0.2) is 0 Å². The molecule has 0 saturated heterocycles. The van der Waals surface area contributed by atoms with Crippen molar-refractivity contribution in [2.45, 2.75) is 26.4 Å². The van der Waals surface area contributed by atoms with Gasteiger partial charge in [-0.25, -0.2) is 0 Å². The molecule has 1 heterocycles. The van der Waals surface area contributed by atoms with Crippen molar-refractivity contribution in [2.75, 3.05) is 14.2 Å². The third-order valence-electron chi connectivity index (χ3n) is 4.41. The average Bonchev–Trinajstić information content (AvgIpc) is 3.19. The Bertz CT molecular complexity index is 981. The van der Waals surface area contributed by atoms with Crippen LogP contribution in [-0.4, -0.2) is 41.2 Å². The minimum atomic E-state index is -0.258. The Morgan fingerprint density at radius 3 is 2.34 bits per heavy atom. The first-order valence-corrected chi connectivity index (χ1v) is 9.43. The Hall–Kier alpha value is -3.06. The van der Waals surface area contributed by atoms with E-state index >= 15 is 0 Å². The van der Waals surface area contributed by atoms with Crippen LogP contribution in [0, 0.1) is 0 Å². The molecule has 0 aliphatic carbocycles. The number of hydrogen-bond acceptors (Lipinski definition) is 6. The fraction of sp³-hybridized carbons (Fsp3) is 0.286. The molecule has 0 aliphatic rings. The normalized spacial score (nSPS) is 10.8. The summed E-state index contributed by atoms with van der Waals surface area (Å²) >= 11 is 6.21. The average molecular weight is 416 g/mol. The summed E-state index contributed by atoms with van der Waals surface area (Å²) in [5.74, 6) is 1.28. The second-order valence-electron chi connectivity index (χ2n) is 6.56. The van der Waals surface area contributed by atoms with Gasteiger partial charge in [0, 0.05) is 11.6 Å². The number of carbonyl (C=O) groups is 1. The molecule has 0 aliphatic heterocycles. The highest BCUT2D eigenvalue weighted by Gasteiger charge is 2.27. The van der Waals surface area contributed by atoms with Gasteiger partial charge in [-0.15, -0.1) is 0 Å². The van der Waals surface area contributed by atoms with E-state index in [9.17, 15) is 4.79 Å². The van der Waals surface area contributed by atoms with Crippen molar-refractivity contribution in [1.29, 1.82) is 0 Å². The number of hydrogen-bond donors (Lipinski definition) is 0. The monoisotopic (exact) mass is 415 g/mol. The fourth-order valence-electron chi connectivity index (χ4n) is 2.91. The number of amides is 1. The van der Waals surface area contributed by atoms with Crippen molar-refractivity contribution in [3.63, 3.8) is 0 Å². The highest BCUT2D eigenvalue weighted by Crippen LogP contribution is 2.31. The van der Waals surface area contributed by atoms with Crippen molar-refractivity contribution in [2.24, 2.45) is 0 Å². The Labute approximate surface area is 174 Å². The predicted molar refractivity (Wildman–Crippen MR) is 109 cm³/mol. The van der Waals surface area contributed by atoms with Gasteiger partial charge >= 0.3 is 0 Å². The standard InChI is InChI=1S/C21H22ClN3O4/c1-13(2)25(21(26)19-16(27-3)10-7-11-17(19)28-4)12-18-23-20(24-29-18)14-8-5-6-9-15(14)22/h5-11,13H,12H2,1-4H3. The Morgan fingerprint density at radius 1 is 1.10 bits per heavy atom. The van der Waals surface area contributed by atoms with Gasteiger partial charge in [0.05, 0.1) is 19.2 Å². The third kappa shape index (κ3) is 4.35. The molecule has 29 heavy (non-hydrogen) atoms. The van der Waals surface area contributed by atoms with Crippen LogP contribution in [-0.2, 0) is 6.54 Å². The molecule has 2 aromatic carbocycles. The topological polar surface area (TPSA) is 77.7 Å². The predicted octanol–water partition coefficient (Wildman–Crippen LogP) is 4.46. The molecule has 0 bridgehead atoms. The van der Waals surface area contributed by atoms with Gasteiger partial charge in [0.2, 0.25) is 11.7 Å². The summed E-state index contributed by atoms with van der Waals surface area (Å²) in [6.45, 7) is 3.95. The molecule has 1 amide bonds. The van der Waals surface area contributed by atoms with Crippen LogP contribution in [0.25, 0.3) is 11.4 Å². The third-order valence-corrected chi connectivity index (χ3v) is 4.74. The fourth-order valence-corrected chi connectivity index (χ4v) is 3.13. The first kappa shape index (κ1) is 20.7. The SMILES string of the molecule is COc1cccc(OC)c1C(=O)N(Cc1nc(-c2ccccc2Cl)no1)C(C)C. The molecule has 0 unspecified atom stereocenters. The van der Waals surface area contributed by atoms with Crippen LogP contribution >= 0.6 is 11.6 Å². The quantitative estimate of drug-likeness (QED) is 0.567. The van der Waals surface area contributed by atoms with Gasteiger partial charge in [0.1, 0.15) is 23.6 Å². The molecule has 152 valence electrons. The summed E-state index contributed by atoms with van der Waals surface area (Å²) < 4.78 is 16.1. The van der Waals surface area contributed by atoms with Crippen molar-refractivity contribution in [3.05, 3.63) is 58.9 Å². The maximum atomic E-state index is 13.3. The van der Waals surface area contributed by atoms with Crippen molar-refractivity contribution in [3.8, 4) is 22.9 Å². The van der Waals surface area contributed by atoms with E-state index in [2.05, 4.69) is 10.1 Å². The molecule has 0 N–H and O–H groups in total. The van der Waals surface area contributed by atoms with Gasteiger partial charge in [-0.3, -0.25) is 4.79 Å². The molecular weight excluding hydrogens is 394 g/mol. The van der Waals surface area contributed by atoms with Crippen molar-refractivity contribution < 1.29 is 18.8 Å². The number of aromatic nitrogens is 2. The lowest BCUT2D eigenvalue weighted by Gasteiger charge is -2.26. The summed E-state index contributed by atoms with van der Waals surface area (Å²) in [7, 11) is 3.03. The largest absolute Gasteiger partial charge is 0.496 e. The summed E-state index contributed by atoms with van der Waals surface area (Å²) in [6.07, 6.45) is 0. The molecule has 0 saturated carbocycles. The number of methoxy groups -OCH3 is 2. The van der Waals surface area contributed by atoms with E-state index in [1.54, 1.807) is 29.2 Å². The summed E-state index contributed by atoms with van der Waals surface area (Å²) in [5.41, 5.74) is 1.01. The highest BCUT2D eigenvalue weighted by molar-refractivity contribution is 6.33. The summed E-state index contributed by atoms with van der Waals surface area (Å²) in [6, 6.07) is 12.3. The lowest BCUT2D eigenvalue weighted by Crippen LogP contribution is -2.37. The molecule has 0 atom stereocenters. The van der Waals surface area contributed by atoms with Gasteiger partial charge in [-0.1, -0.05) is 35.0 Å². The zero-order valence-electron chi connectivity index (χ0n) is 16.7. The van der Waals surface area contributed by atoms with Crippen LogP contribution < -0.4 is 9.47 Å². The molecule has 3 rings (SSSR count). The zero-order valence-corrected chi connectivity index (χ0v) is 17.4. The molecule has 3 aromatic rings. The highest BCUT2D eigenvalue weighted by atomic mass is 35.5. The minimum Gasteiger partial charge on any atom is -0.496 e. The van der Waals surface area contributed by atoms with E-state index in [1.807, 2.05) is 32.0 Å². The van der Waals surface area contributed by atoms with Gasteiger partial charge < -0.3 is 18.9 Å². The lowest BCUT2D eigenvalue weighted by atomic mass is 10.1. The van der Waals surface area contributed by atoms with Crippen LogP contribution in [0.2, 0.25) is 5.02 Å². The molecule has 1 aromatic heterocycles. The second-order valence-corrected chi connectivity index (χ2v) is 6.96. The number of halogens is 1. The molecule has 0 radical (unpaired) electrons. The van der Waals surface area contributed by atoms with Crippen LogP contribution in [0.1, 0.15) is 30.1 Å². The van der Waals surface area contributed by atoms with Crippen molar-refractivity contribution in [1.82, 2.24) is 15.0 Å². The van der Waals surface area contributed by atoms with Gasteiger partial charge in [-0.05, 0) is 38.1 Å². The molecule has 8 heteroatoms. The summed E-state index contributed by atoms with van der Waals surface area (Å²) in [5, 5.41) is 4.52. The molecule has 0 spiro atoms. The smallest absolute Gasteiger partial charge is 0.262 e. The van der Waals surface area contributed by atoms with E-state index in [0.29, 0.717) is 39.4 Å². The minimum absolute atomic E-state index is 0.132. The first-order chi connectivity index (χ1) is 14.0. The Morgan fingerprint density at radius 2 is 1.76 bits per heavy atom. The Balaban J connectivity index is 1.91. The maximum Gasteiger partial charge on any atom is 0.262 e. The number of benzene rings is 2. The molecule has 0 fully saturated rings. The van der Waals surface area contributed by atoms with Crippen LogP contribution in [0.3, 0.4) is 0 Å². The molecule has 7 nitrogen and oxygen atoms in total. The van der Waals surface area contributed by atoms with E-state index in [1.165, 1.54) is 14.2 Å². The Kier molecular flexibility index (Phi) is 6.39. The van der Waals surface area contributed by atoms with E-state index in [0.717, 1.165) is 0 Å². The van der Waals surface area contributed by atoms with Crippen LogP contribution in [0.15, 0.2) is 47.0 Å². The number of rotatable bonds is 7. The number of nitrogens with zero attached hydrogens (tertiary/aromatic N) is 3.